The average Bonchev–Trinajstić information content (AvgIpc) is 2.38. The van der Waals surface area contributed by atoms with Gasteiger partial charge in [0.25, 0.3) is 5.56 Å². The molecule has 0 unspecified atom stereocenters. The minimum atomic E-state index is -0.199. The van der Waals surface area contributed by atoms with Gasteiger partial charge in [-0.15, -0.1) is 0 Å². The van der Waals surface area contributed by atoms with Crippen LogP contribution in [0.1, 0.15) is 0 Å². The van der Waals surface area contributed by atoms with Crippen molar-refractivity contribution in [2.24, 2.45) is 0 Å². The Kier molecular flexibility index (Phi) is 3.09. The van der Waals surface area contributed by atoms with E-state index in [1.54, 1.807) is 37.6 Å². The molecule has 2 rings (SSSR count). The zero-order valence-electron chi connectivity index (χ0n) is 9.56. The number of aromatic amines is 1. The summed E-state index contributed by atoms with van der Waals surface area (Å²) in [7, 11) is 3.06. The second kappa shape index (κ2) is 4.69. The first-order valence-corrected chi connectivity index (χ1v) is 5.02. The van der Waals surface area contributed by atoms with Crippen molar-refractivity contribution < 1.29 is 9.47 Å². The van der Waals surface area contributed by atoms with Crippen LogP contribution in [-0.4, -0.2) is 24.2 Å². The number of hydrogen-bond acceptors (Lipinski definition) is 4. The molecule has 0 amide bonds. The van der Waals surface area contributed by atoms with Crippen molar-refractivity contribution >= 4 is 0 Å². The van der Waals surface area contributed by atoms with Gasteiger partial charge in [0.15, 0.2) is 0 Å². The fraction of sp³-hybridized carbons (Fsp3) is 0.167. The molecule has 5 nitrogen and oxygen atoms in total. The van der Waals surface area contributed by atoms with Crippen LogP contribution >= 0.6 is 0 Å². The molecule has 5 heteroatoms. The van der Waals surface area contributed by atoms with E-state index >= 15 is 0 Å². The predicted molar refractivity (Wildman–Crippen MR) is 63.4 cm³/mol. The Bertz CT molecular complexity index is 556. The molecule has 0 bridgehead atoms. The lowest BCUT2D eigenvalue weighted by molar-refractivity contribution is 0.383. The maximum atomic E-state index is 11.6. The number of hydrogen-bond donors (Lipinski definition) is 1. The number of nitrogens with one attached hydrogen (secondary N) is 1. The lowest BCUT2D eigenvalue weighted by atomic mass is 10.2. The molecule has 0 saturated heterocycles. The Morgan fingerprint density at radius 1 is 1.24 bits per heavy atom. The minimum Gasteiger partial charge on any atom is -0.496 e. The van der Waals surface area contributed by atoms with Crippen LogP contribution in [0.3, 0.4) is 0 Å². The van der Waals surface area contributed by atoms with Crippen molar-refractivity contribution in [2.45, 2.75) is 0 Å². The Hall–Kier alpha value is -2.30. The molecule has 88 valence electrons. The summed E-state index contributed by atoms with van der Waals surface area (Å²) in [4.78, 5) is 18.4. The first kappa shape index (κ1) is 11.2. The van der Waals surface area contributed by atoms with E-state index in [0.29, 0.717) is 22.9 Å². The summed E-state index contributed by atoms with van der Waals surface area (Å²) < 4.78 is 10.2. The molecule has 1 N–H and O–H groups in total. The normalized spacial score (nSPS) is 10.0. The number of ether oxygens (including phenoxy) is 2. The average molecular weight is 232 g/mol. The van der Waals surface area contributed by atoms with Gasteiger partial charge in [0.05, 0.1) is 25.5 Å². The molecule has 0 aliphatic rings. The van der Waals surface area contributed by atoms with E-state index in [4.69, 9.17) is 9.47 Å². The van der Waals surface area contributed by atoms with E-state index in [-0.39, 0.29) is 5.56 Å². The Morgan fingerprint density at radius 2 is 2.06 bits per heavy atom. The zero-order chi connectivity index (χ0) is 12.3. The third-order valence-corrected chi connectivity index (χ3v) is 2.31. The molecular weight excluding hydrogens is 220 g/mol. The van der Waals surface area contributed by atoms with Gasteiger partial charge in [-0.3, -0.25) is 4.79 Å². The fourth-order valence-corrected chi connectivity index (χ4v) is 1.47. The summed E-state index contributed by atoms with van der Waals surface area (Å²) in [5.74, 6) is 0.998. The van der Waals surface area contributed by atoms with Crippen molar-refractivity contribution in [2.75, 3.05) is 14.2 Å². The summed E-state index contributed by atoms with van der Waals surface area (Å²) in [6, 6.07) is 6.78. The maximum Gasteiger partial charge on any atom is 0.257 e. The first-order valence-electron chi connectivity index (χ1n) is 5.02. The number of pyridine rings is 2. The van der Waals surface area contributed by atoms with Gasteiger partial charge in [-0.25, -0.2) is 4.98 Å². The van der Waals surface area contributed by atoms with Crippen molar-refractivity contribution in [3.63, 3.8) is 0 Å². The monoisotopic (exact) mass is 232 g/mol. The van der Waals surface area contributed by atoms with Crippen molar-refractivity contribution in [3.8, 4) is 22.9 Å². The number of aromatic nitrogens is 2. The highest BCUT2D eigenvalue weighted by Crippen LogP contribution is 2.23. The van der Waals surface area contributed by atoms with Crippen LogP contribution in [0.4, 0.5) is 0 Å². The van der Waals surface area contributed by atoms with Gasteiger partial charge in [0.1, 0.15) is 5.75 Å². The number of methoxy groups -OCH3 is 2. The van der Waals surface area contributed by atoms with Crippen LogP contribution < -0.4 is 15.0 Å². The molecule has 0 aromatic carbocycles. The first-order chi connectivity index (χ1) is 8.24. The lowest BCUT2D eigenvalue weighted by Gasteiger charge is -2.06. The molecule has 0 atom stereocenters. The van der Waals surface area contributed by atoms with Crippen LogP contribution in [0.25, 0.3) is 11.3 Å². The van der Waals surface area contributed by atoms with Gasteiger partial charge in [-0.05, 0) is 12.1 Å². The largest absolute Gasteiger partial charge is 0.496 e. The van der Waals surface area contributed by atoms with E-state index in [9.17, 15) is 4.79 Å². The molecule has 0 saturated carbocycles. The van der Waals surface area contributed by atoms with Crippen LogP contribution in [0.15, 0.2) is 35.3 Å². The van der Waals surface area contributed by atoms with Crippen molar-refractivity contribution in [3.05, 3.63) is 40.8 Å². The molecule has 0 fully saturated rings. The summed E-state index contributed by atoms with van der Waals surface area (Å²) in [6.07, 6.45) is 1.57. The minimum absolute atomic E-state index is 0.199. The Morgan fingerprint density at radius 3 is 2.71 bits per heavy atom. The van der Waals surface area contributed by atoms with Crippen LogP contribution in [0, 0.1) is 0 Å². The highest BCUT2D eigenvalue weighted by atomic mass is 16.5. The summed E-state index contributed by atoms with van der Waals surface area (Å²) in [6.45, 7) is 0. The number of rotatable bonds is 3. The van der Waals surface area contributed by atoms with Gasteiger partial charge in [-0.2, -0.15) is 0 Å². The Balaban J connectivity index is 2.59. The fourth-order valence-electron chi connectivity index (χ4n) is 1.47. The smallest absolute Gasteiger partial charge is 0.257 e. The molecule has 2 aromatic heterocycles. The van der Waals surface area contributed by atoms with E-state index in [1.165, 1.54) is 7.11 Å². The number of nitrogens with zero attached hydrogens (tertiary/aromatic N) is 1. The van der Waals surface area contributed by atoms with Gasteiger partial charge in [0, 0.05) is 18.3 Å². The molecule has 2 aromatic rings. The quantitative estimate of drug-likeness (QED) is 0.870. The maximum absolute atomic E-state index is 11.6. The van der Waals surface area contributed by atoms with Crippen LogP contribution in [-0.2, 0) is 0 Å². The predicted octanol–water partition coefficient (Wildman–Crippen LogP) is 1.45. The van der Waals surface area contributed by atoms with Crippen LogP contribution in [0.2, 0.25) is 0 Å². The summed E-state index contributed by atoms with van der Waals surface area (Å²) in [5.41, 5.74) is 0.794. The standard InChI is InChI=1S/C12H12N2O3/c1-16-8-6-10(14-11(7-8)17-2)9-4-3-5-13-12(9)15/h3-7H,1-2H3,(H,13,15). The van der Waals surface area contributed by atoms with E-state index in [1.807, 2.05) is 0 Å². The zero-order valence-corrected chi connectivity index (χ0v) is 9.56. The molecule has 0 spiro atoms. The SMILES string of the molecule is COc1cc(OC)nc(-c2ccc[nH]c2=O)c1. The van der Waals surface area contributed by atoms with Crippen LogP contribution in [0.5, 0.6) is 11.6 Å². The molecule has 0 aliphatic heterocycles. The summed E-state index contributed by atoms with van der Waals surface area (Å²) in [5, 5.41) is 0. The second-order valence-corrected chi connectivity index (χ2v) is 3.35. The van der Waals surface area contributed by atoms with E-state index < -0.39 is 0 Å². The topological polar surface area (TPSA) is 64.2 Å². The molecule has 0 radical (unpaired) electrons. The van der Waals surface area contributed by atoms with Crippen molar-refractivity contribution in [1.29, 1.82) is 0 Å². The highest BCUT2D eigenvalue weighted by Gasteiger charge is 2.08. The van der Waals surface area contributed by atoms with Gasteiger partial charge >= 0.3 is 0 Å². The second-order valence-electron chi connectivity index (χ2n) is 3.35. The molecule has 2 heterocycles. The third-order valence-electron chi connectivity index (χ3n) is 2.31. The van der Waals surface area contributed by atoms with Gasteiger partial charge in [0.2, 0.25) is 5.88 Å². The number of H-pyrrole nitrogens is 1. The third kappa shape index (κ3) is 2.28. The lowest BCUT2D eigenvalue weighted by Crippen LogP contribution is -2.08. The van der Waals surface area contributed by atoms with Crippen molar-refractivity contribution in [1.82, 2.24) is 9.97 Å². The van der Waals surface area contributed by atoms with Gasteiger partial charge < -0.3 is 14.5 Å². The van der Waals surface area contributed by atoms with E-state index in [2.05, 4.69) is 9.97 Å². The van der Waals surface area contributed by atoms with E-state index in [0.717, 1.165) is 0 Å². The Labute approximate surface area is 98.0 Å². The molecular formula is C12H12N2O3. The molecule has 17 heavy (non-hydrogen) atoms. The summed E-state index contributed by atoms with van der Waals surface area (Å²) >= 11 is 0. The van der Waals surface area contributed by atoms with Gasteiger partial charge in [-0.1, -0.05) is 0 Å². The highest BCUT2D eigenvalue weighted by molar-refractivity contribution is 5.60. The molecule has 0 aliphatic carbocycles.